The fraction of sp³-hybridized carbons (Fsp3) is 0.308. The van der Waals surface area contributed by atoms with Gasteiger partial charge in [-0.25, -0.2) is 0 Å². The minimum atomic E-state index is -0.969. The van der Waals surface area contributed by atoms with Gasteiger partial charge in [0.2, 0.25) is 0 Å². The second-order valence-electron chi connectivity index (χ2n) is 4.47. The van der Waals surface area contributed by atoms with Crippen LogP contribution < -0.4 is 5.32 Å². The average molecular weight is 265 g/mol. The molecule has 96 valence electrons. The Morgan fingerprint density at radius 2 is 2.39 bits per heavy atom. The van der Waals surface area contributed by atoms with E-state index < -0.39 is 5.60 Å². The van der Waals surface area contributed by atoms with Gasteiger partial charge in [-0.05, 0) is 41.4 Å². The molecular weight excluding hydrogens is 250 g/mol. The summed E-state index contributed by atoms with van der Waals surface area (Å²) in [4.78, 5) is 11.6. The van der Waals surface area contributed by atoms with E-state index in [1.165, 1.54) is 6.26 Å². The van der Waals surface area contributed by atoms with Gasteiger partial charge in [0, 0.05) is 13.0 Å². The van der Waals surface area contributed by atoms with Gasteiger partial charge in [0.1, 0.15) is 0 Å². The first kappa shape index (κ1) is 12.9. The molecule has 4 nitrogen and oxygen atoms in total. The molecule has 18 heavy (non-hydrogen) atoms. The molecule has 0 radical (unpaired) electrons. The lowest BCUT2D eigenvalue weighted by Gasteiger charge is -2.22. The monoisotopic (exact) mass is 265 g/mol. The van der Waals surface area contributed by atoms with Crippen LogP contribution in [0.1, 0.15) is 23.0 Å². The minimum absolute atomic E-state index is 0.183. The standard InChI is InChI=1S/C13H15NO3S/c1-13(16,7-10-4-6-18-8-10)9-14-12(15)11-3-2-5-17-11/h2-6,8,16H,7,9H2,1H3,(H,14,15). The van der Waals surface area contributed by atoms with Crippen molar-refractivity contribution in [1.29, 1.82) is 0 Å². The molecule has 0 saturated carbocycles. The lowest BCUT2D eigenvalue weighted by molar-refractivity contribution is 0.0545. The number of nitrogens with one attached hydrogen (secondary N) is 1. The molecule has 0 aliphatic heterocycles. The van der Waals surface area contributed by atoms with Gasteiger partial charge in [0.05, 0.1) is 11.9 Å². The molecule has 0 spiro atoms. The van der Waals surface area contributed by atoms with Crippen molar-refractivity contribution in [3.63, 3.8) is 0 Å². The first-order chi connectivity index (χ1) is 8.57. The maximum atomic E-state index is 11.6. The maximum Gasteiger partial charge on any atom is 0.287 e. The van der Waals surface area contributed by atoms with Crippen molar-refractivity contribution < 1.29 is 14.3 Å². The third kappa shape index (κ3) is 3.45. The van der Waals surface area contributed by atoms with E-state index in [2.05, 4.69) is 5.32 Å². The fourth-order valence-electron chi connectivity index (χ4n) is 1.66. The molecule has 1 atom stereocenters. The summed E-state index contributed by atoms with van der Waals surface area (Å²) in [5.41, 5.74) is 0.0980. The summed E-state index contributed by atoms with van der Waals surface area (Å²) >= 11 is 1.59. The highest BCUT2D eigenvalue weighted by molar-refractivity contribution is 7.07. The first-order valence-electron chi connectivity index (χ1n) is 5.62. The number of furan rings is 1. The second kappa shape index (κ2) is 5.37. The van der Waals surface area contributed by atoms with Crippen molar-refractivity contribution in [2.45, 2.75) is 18.9 Å². The van der Waals surface area contributed by atoms with Gasteiger partial charge < -0.3 is 14.8 Å². The third-order valence-corrected chi connectivity index (χ3v) is 3.27. The molecule has 0 saturated heterocycles. The zero-order valence-electron chi connectivity index (χ0n) is 10.1. The Labute approximate surface area is 109 Å². The van der Waals surface area contributed by atoms with Crippen molar-refractivity contribution in [2.75, 3.05) is 6.54 Å². The lowest BCUT2D eigenvalue weighted by Crippen LogP contribution is -2.42. The van der Waals surface area contributed by atoms with Crippen LogP contribution in [0.3, 0.4) is 0 Å². The second-order valence-corrected chi connectivity index (χ2v) is 5.25. The van der Waals surface area contributed by atoms with Crippen LogP contribution in [-0.4, -0.2) is 23.2 Å². The highest BCUT2D eigenvalue weighted by atomic mass is 32.1. The van der Waals surface area contributed by atoms with Gasteiger partial charge in [-0.1, -0.05) is 0 Å². The third-order valence-electron chi connectivity index (χ3n) is 2.54. The van der Waals surface area contributed by atoms with Gasteiger partial charge in [0.15, 0.2) is 5.76 Å². The summed E-state index contributed by atoms with van der Waals surface area (Å²) in [6.07, 6.45) is 1.95. The van der Waals surface area contributed by atoms with Gasteiger partial charge in [-0.3, -0.25) is 4.79 Å². The number of carbonyl (C=O) groups is 1. The van der Waals surface area contributed by atoms with Gasteiger partial charge in [0.25, 0.3) is 5.91 Å². The summed E-state index contributed by atoms with van der Waals surface area (Å²) < 4.78 is 4.97. The number of rotatable bonds is 5. The average Bonchev–Trinajstić information content (AvgIpc) is 2.97. The maximum absolute atomic E-state index is 11.6. The van der Waals surface area contributed by atoms with E-state index in [1.54, 1.807) is 30.4 Å². The topological polar surface area (TPSA) is 62.5 Å². The van der Waals surface area contributed by atoms with Crippen LogP contribution in [0, 0.1) is 0 Å². The number of amides is 1. The Kier molecular flexibility index (Phi) is 3.84. The van der Waals surface area contributed by atoms with E-state index in [-0.39, 0.29) is 18.2 Å². The molecule has 2 aromatic heterocycles. The summed E-state index contributed by atoms with van der Waals surface area (Å²) in [5.74, 6) is -0.0630. The SMILES string of the molecule is CC(O)(CNC(=O)c1ccco1)Cc1ccsc1. The van der Waals surface area contributed by atoms with Crippen LogP contribution in [0.2, 0.25) is 0 Å². The van der Waals surface area contributed by atoms with Crippen LogP contribution in [0.15, 0.2) is 39.6 Å². The number of aliphatic hydroxyl groups is 1. The number of thiophene rings is 1. The van der Waals surface area contributed by atoms with Crippen molar-refractivity contribution in [2.24, 2.45) is 0 Å². The van der Waals surface area contributed by atoms with Crippen molar-refractivity contribution >= 4 is 17.2 Å². The molecule has 1 unspecified atom stereocenters. The molecule has 5 heteroatoms. The van der Waals surface area contributed by atoms with E-state index in [9.17, 15) is 9.90 Å². The van der Waals surface area contributed by atoms with E-state index in [0.717, 1.165) is 5.56 Å². The summed E-state index contributed by atoms with van der Waals surface area (Å²) in [6.45, 7) is 1.88. The summed E-state index contributed by atoms with van der Waals surface area (Å²) in [6, 6.07) is 5.20. The Morgan fingerprint density at radius 1 is 1.56 bits per heavy atom. The molecule has 2 aromatic rings. The van der Waals surface area contributed by atoms with Crippen molar-refractivity contribution in [3.05, 3.63) is 46.5 Å². The van der Waals surface area contributed by atoms with Gasteiger partial charge in [-0.2, -0.15) is 11.3 Å². The normalized spacial score (nSPS) is 14.1. The molecule has 0 aliphatic rings. The van der Waals surface area contributed by atoms with Crippen LogP contribution in [0.5, 0.6) is 0 Å². The first-order valence-corrected chi connectivity index (χ1v) is 6.56. The molecule has 0 bridgehead atoms. The highest BCUT2D eigenvalue weighted by Gasteiger charge is 2.22. The Bertz CT molecular complexity index is 488. The zero-order chi connectivity index (χ0) is 13.0. The molecule has 1 amide bonds. The minimum Gasteiger partial charge on any atom is -0.459 e. The van der Waals surface area contributed by atoms with Gasteiger partial charge in [-0.15, -0.1) is 0 Å². The van der Waals surface area contributed by atoms with Crippen LogP contribution in [-0.2, 0) is 6.42 Å². The largest absolute Gasteiger partial charge is 0.459 e. The molecule has 0 fully saturated rings. The Balaban J connectivity index is 1.87. The van der Waals surface area contributed by atoms with Crippen molar-refractivity contribution in [3.8, 4) is 0 Å². The number of hydrogen-bond donors (Lipinski definition) is 2. The molecule has 0 aromatic carbocycles. The highest BCUT2D eigenvalue weighted by Crippen LogP contribution is 2.15. The van der Waals surface area contributed by atoms with Gasteiger partial charge >= 0.3 is 0 Å². The van der Waals surface area contributed by atoms with Crippen LogP contribution in [0.4, 0.5) is 0 Å². The molecule has 2 rings (SSSR count). The lowest BCUT2D eigenvalue weighted by atomic mass is 9.98. The smallest absolute Gasteiger partial charge is 0.287 e. The van der Waals surface area contributed by atoms with E-state index >= 15 is 0 Å². The Morgan fingerprint density at radius 3 is 3.00 bits per heavy atom. The Hall–Kier alpha value is -1.59. The fourth-order valence-corrected chi connectivity index (χ4v) is 2.33. The number of carbonyl (C=O) groups excluding carboxylic acids is 1. The van der Waals surface area contributed by atoms with E-state index in [0.29, 0.717) is 6.42 Å². The zero-order valence-corrected chi connectivity index (χ0v) is 10.9. The van der Waals surface area contributed by atoms with Crippen LogP contribution in [0.25, 0.3) is 0 Å². The van der Waals surface area contributed by atoms with Crippen LogP contribution >= 0.6 is 11.3 Å². The predicted molar refractivity (Wildman–Crippen MR) is 69.7 cm³/mol. The number of hydrogen-bond acceptors (Lipinski definition) is 4. The van der Waals surface area contributed by atoms with E-state index in [1.807, 2.05) is 16.8 Å². The molecule has 2 N–H and O–H groups in total. The van der Waals surface area contributed by atoms with Crippen molar-refractivity contribution in [1.82, 2.24) is 5.32 Å². The quantitative estimate of drug-likeness (QED) is 0.870. The summed E-state index contributed by atoms with van der Waals surface area (Å²) in [5, 5.41) is 16.8. The molecule has 0 aliphatic carbocycles. The molecule has 2 heterocycles. The summed E-state index contributed by atoms with van der Waals surface area (Å²) in [7, 11) is 0. The predicted octanol–water partition coefficient (Wildman–Crippen LogP) is 2.06. The molecular formula is C13H15NO3S. The van der Waals surface area contributed by atoms with E-state index in [4.69, 9.17) is 4.42 Å².